The first kappa shape index (κ1) is 16.1. The largest absolute Gasteiger partial charge is 0.486 e. The number of nitrogens with one attached hydrogen (secondary N) is 1. The molecule has 6 heteroatoms. The van der Waals surface area contributed by atoms with Crippen LogP contribution < -0.4 is 14.8 Å². The van der Waals surface area contributed by atoms with Crippen LogP contribution in [0.5, 0.6) is 11.5 Å². The third-order valence-corrected chi connectivity index (χ3v) is 3.82. The summed E-state index contributed by atoms with van der Waals surface area (Å²) in [6.07, 6.45) is 0. The minimum Gasteiger partial charge on any atom is -0.486 e. The molecule has 1 amide bonds. The summed E-state index contributed by atoms with van der Waals surface area (Å²) in [5.41, 5.74) is -0.00846. The second-order valence-corrected chi connectivity index (χ2v) is 5.93. The number of carboxylic acid groups (broad SMARTS) is 1. The lowest BCUT2D eigenvalue weighted by atomic mass is 9.83. The number of ether oxygens (including phenoxy) is 2. The van der Waals surface area contributed by atoms with Crippen molar-refractivity contribution in [1.29, 1.82) is 0 Å². The van der Waals surface area contributed by atoms with E-state index in [0.717, 1.165) is 5.56 Å². The predicted molar refractivity (Wildman–Crippen MR) is 80.3 cm³/mol. The van der Waals surface area contributed by atoms with Crippen LogP contribution >= 0.6 is 0 Å². The molecule has 6 nitrogen and oxygen atoms in total. The Bertz CT molecular complexity index is 582. The zero-order valence-corrected chi connectivity index (χ0v) is 13.0. The molecule has 0 saturated heterocycles. The van der Waals surface area contributed by atoms with E-state index >= 15 is 0 Å². The number of carbonyl (C=O) groups is 2. The first-order valence-corrected chi connectivity index (χ1v) is 7.23. The lowest BCUT2D eigenvalue weighted by Gasteiger charge is -2.27. The van der Waals surface area contributed by atoms with Crippen molar-refractivity contribution in [2.75, 3.05) is 19.8 Å². The molecule has 1 atom stereocenters. The summed E-state index contributed by atoms with van der Waals surface area (Å²) in [5.74, 6) is -0.482. The maximum Gasteiger partial charge on any atom is 0.308 e. The van der Waals surface area contributed by atoms with Gasteiger partial charge in [-0.25, -0.2) is 0 Å². The molecule has 0 unspecified atom stereocenters. The van der Waals surface area contributed by atoms with Crippen molar-refractivity contribution in [3.05, 3.63) is 23.8 Å². The lowest BCUT2D eigenvalue weighted by Crippen LogP contribution is -2.42. The van der Waals surface area contributed by atoms with Crippen LogP contribution in [0.4, 0.5) is 0 Å². The fraction of sp³-hybridized carbons (Fsp3) is 0.500. The van der Waals surface area contributed by atoms with Crippen molar-refractivity contribution in [3.63, 3.8) is 0 Å². The quantitative estimate of drug-likeness (QED) is 0.862. The third kappa shape index (κ3) is 3.32. The van der Waals surface area contributed by atoms with Gasteiger partial charge in [-0.3, -0.25) is 9.59 Å². The van der Waals surface area contributed by atoms with Crippen molar-refractivity contribution in [1.82, 2.24) is 5.32 Å². The molecule has 2 rings (SSSR count). The Hall–Kier alpha value is -2.24. The van der Waals surface area contributed by atoms with Gasteiger partial charge < -0.3 is 19.9 Å². The Labute approximate surface area is 129 Å². The molecule has 0 radical (unpaired) electrons. The first-order valence-electron chi connectivity index (χ1n) is 7.23. The summed E-state index contributed by atoms with van der Waals surface area (Å²) >= 11 is 0. The molecule has 0 spiro atoms. The average Bonchev–Trinajstić information content (AvgIpc) is 2.51. The minimum atomic E-state index is -0.933. The van der Waals surface area contributed by atoms with Crippen molar-refractivity contribution < 1.29 is 24.2 Å². The van der Waals surface area contributed by atoms with Gasteiger partial charge in [-0.15, -0.1) is 0 Å². The van der Waals surface area contributed by atoms with Gasteiger partial charge in [0.25, 0.3) is 0 Å². The van der Waals surface area contributed by atoms with E-state index in [1.54, 1.807) is 32.9 Å². The van der Waals surface area contributed by atoms with E-state index in [0.29, 0.717) is 24.7 Å². The van der Waals surface area contributed by atoms with Crippen LogP contribution in [0, 0.1) is 5.92 Å². The zero-order valence-electron chi connectivity index (χ0n) is 13.0. The first-order chi connectivity index (χ1) is 10.3. The number of hydrogen-bond acceptors (Lipinski definition) is 4. The Kier molecular flexibility index (Phi) is 4.59. The van der Waals surface area contributed by atoms with Crippen LogP contribution in [0.2, 0.25) is 0 Å². The standard InChI is InChI=1S/C16H21NO5/c1-10(14(18)19)9-17-15(20)16(2,3)11-4-5-12-13(8-11)22-7-6-21-12/h4-5,8,10H,6-7,9H2,1-3H3,(H,17,20)(H,18,19)/t10-/m1/s1. The highest BCUT2D eigenvalue weighted by molar-refractivity contribution is 5.88. The predicted octanol–water partition coefficient (Wildman–Crippen LogP) is 1.57. The molecule has 1 aromatic carbocycles. The number of carboxylic acids is 1. The smallest absolute Gasteiger partial charge is 0.308 e. The monoisotopic (exact) mass is 307 g/mol. The van der Waals surface area contributed by atoms with Gasteiger partial charge >= 0.3 is 5.97 Å². The van der Waals surface area contributed by atoms with Gasteiger partial charge in [0, 0.05) is 6.54 Å². The lowest BCUT2D eigenvalue weighted by molar-refractivity contribution is -0.141. The Morgan fingerprint density at radius 2 is 1.91 bits per heavy atom. The van der Waals surface area contributed by atoms with Gasteiger partial charge in [-0.05, 0) is 31.5 Å². The average molecular weight is 307 g/mol. The molecule has 1 heterocycles. The van der Waals surface area contributed by atoms with E-state index in [1.165, 1.54) is 0 Å². The molecule has 1 aliphatic heterocycles. The van der Waals surface area contributed by atoms with E-state index < -0.39 is 17.3 Å². The molecule has 0 bridgehead atoms. The van der Waals surface area contributed by atoms with Gasteiger partial charge in [0.1, 0.15) is 13.2 Å². The van der Waals surface area contributed by atoms with Crippen LogP contribution in [0.1, 0.15) is 26.3 Å². The maximum absolute atomic E-state index is 12.4. The number of aliphatic carboxylic acids is 1. The molecule has 22 heavy (non-hydrogen) atoms. The Morgan fingerprint density at radius 1 is 1.27 bits per heavy atom. The fourth-order valence-corrected chi connectivity index (χ4v) is 2.12. The summed E-state index contributed by atoms with van der Waals surface area (Å²) in [6, 6.07) is 5.42. The van der Waals surface area contributed by atoms with Gasteiger partial charge in [-0.2, -0.15) is 0 Å². The van der Waals surface area contributed by atoms with Crippen LogP contribution in [0.3, 0.4) is 0 Å². The topological polar surface area (TPSA) is 84.9 Å². The van der Waals surface area contributed by atoms with Crippen molar-refractivity contribution >= 4 is 11.9 Å². The van der Waals surface area contributed by atoms with Gasteiger partial charge in [0.15, 0.2) is 11.5 Å². The van der Waals surface area contributed by atoms with Crippen molar-refractivity contribution in [2.45, 2.75) is 26.2 Å². The molecule has 0 aliphatic carbocycles. The number of benzene rings is 1. The van der Waals surface area contributed by atoms with Crippen molar-refractivity contribution in [2.24, 2.45) is 5.92 Å². The van der Waals surface area contributed by atoms with Crippen LogP contribution in [-0.4, -0.2) is 36.7 Å². The van der Waals surface area contributed by atoms with Crippen molar-refractivity contribution in [3.8, 4) is 11.5 Å². The zero-order chi connectivity index (χ0) is 16.3. The molecule has 0 fully saturated rings. The molecular weight excluding hydrogens is 286 g/mol. The van der Waals surface area contributed by atoms with E-state index in [9.17, 15) is 9.59 Å². The summed E-state index contributed by atoms with van der Waals surface area (Å²) < 4.78 is 11.0. The minimum absolute atomic E-state index is 0.0994. The highest BCUT2D eigenvalue weighted by Gasteiger charge is 2.31. The van der Waals surface area contributed by atoms with Crippen LogP contribution in [-0.2, 0) is 15.0 Å². The summed E-state index contributed by atoms with van der Waals surface area (Å²) in [4.78, 5) is 23.2. The van der Waals surface area contributed by atoms with E-state index in [-0.39, 0.29) is 12.5 Å². The summed E-state index contributed by atoms with van der Waals surface area (Å²) in [5, 5.41) is 11.6. The second-order valence-electron chi connectivity index (χ2n) is 5.93. The highest BCUT2D eigenvalue weighted by Crippen LogP contribution is 2.35. The van der Waals surface area contributed by atoms with E-state index in [2.05, 4.69) is 5.32 Å². The van der Waals surface area contributed by atoms with Gasteiger partial charge in [-0.1, -0.05) is 13.0 Å². The summed E-state index contributed by atoms with van der Waals surface area (Å²) in [6.45, 7) is 6.24. The SMILES string of the molecule is C[C@H](CNC(=O)C(C)(C)c1ccc2c(c1)OCCO2)C(=O)O. The van der Waals surface area contributed by atoms with Gasteiger partial charge in [0.2, 0.25) is 5.91 Å². The second kappa shape index (κ2) is 6.25. The Morgan fingerprint density at radius 3 is 2.55 bits per heavy atom. The number of hydrogen-bond donors (Lipinski definition) is 2. The maximum atomic E-state index is 12.4. The number of rotatable bonds is 5. The number of fused-ring (bicyclic) bond motifs is 1. The van der Waals surface area contributed by atoms with Crippen LogP contribution in [0.25, 0.3) is 0 Å². The molecule has 0 saturated carbocycles. The van der Waals surface area contributed by atoms with E-state index in [4.69, 9.17) is 14.6 Å². The third-order valence-electron chi connectivity index (χ3n) is 3.82. The number of carbonyl (C=O) groups excluding carboxylic acids is 1. The fourth-order valence-electron chi connectivity index (χ4n) is 2.12. The molecular formula is C16H21NO5. The Balaban J connectivity index is 2.11. The normalized spacial score (nSPS) is 15.0. The van der Waals surface area contributed by atoms with Crippen LogP contribution in [0.15, 0.2) is 18.2 Å². The molecule has 2 N–H and O–H groups in total. The summed E-state index contributed by atoms with van der Waals surface area (Å²) in [7, 11) is 0. The molecule has 1 aromatic rings. The van der Waals surface area contributed by atoms with Gasteiger partial charge in [0.05, 0.1) is 11.3 Å². The molecule has 1 aliphatic rings. The number of amides is 1. The molecule has 0 aromatic heterocycles. The molecule has 120 valence electrons. The highest BCUT2D eigenvalue weighted by atomic mass is 16.6. The van der Waals surface area contributed by atoms with E-state index in [1.807, 2.05) is 6.07 Å².